The van der Waals surface area contributed by atoms with Gasteiger partial charge in [0.05, 0.1) is 5.71 Å². The van der Waals surface area contributed by atoms with E-state index in [9.17, 15) is 0 Å². The smallest absolute Gasteiger partial charge is 0.114 e. The van der Waals surface area contributed by atoms with Crippen LogP contribution in [-0.2, 0) is 0 Å². The van der Waals surface area contributed by atoms with E-state index in [-0.39, 0.29) is 5.54 Å². The van der Waals surface area contributed by atoms with E-state index in [1.165, 1.54) is 11.3 Å². The zero-order valence-corrected chi connectivity index (χ0v) is 9.03. The maximum atomic E-state index is 5.40. The van der Waals surface area contributed by atoms with Crippen molar-refractivity contribution in [1.82, 2.24) is 0 Å². The summed E-state index contributed by atoms with van der Waals surface area (Å²) in [5.74, 6) is 2.74. The zero-order valence-electron chi connectivity index (χ0n) is 9.03. The molecule has 1 heterocycles. The summed E-state index contributed by atoms with van der Waals surface area (Å²) in [6, 6.07) is 10.3. The molecular weight excluding hydrogens is 182 g/mol. The first-order valence-electron chi connectivity index (χ1n) is 5.41. The molecule has 0 aromatic heterocycles. The van der Waals surface area contributed by atoms with Crippen LogP contribution in [0.4, 0.5) is 0 Å². The van der Waals surface area contributed by atoms with E-state index in [4.69, 9.17) is 6.42 Å². The first-order valence-corrected chi connectivity index (χ1v) is 5.41. The van der Waals surface area contributed by atoms with E-state index in [0.29, 0.717) is 0 Å². The van der Waals surface area contributed by atoms with Gasteiger partial charge in [0.1, 0.15) is 5.54 Å². The molecule has 0 spiro atoms. The second-order valence-corrected chi connectivity index (χ2v) is 3.99. The lowest BCUT2D eigenvalue weighted by atomic mass is 9.91. The summed E-state index contributed by atoms with van der Waals surface area (Å²) in [5, 5.41) is 0. The normalized spacial score (nSPS) is 23.1. The Balaban J connectivity index is 2.15. The summed E-state index contributed by atoms with van der Waals surface area (Å²) >= 11 is 0. The number of hydrogen-bond donors (Lipinski definition) is 0. The predicted molar refractivity (Wildman–Crippen MR) is 64.1 cm³/mol. The van der Waals surface area contributed by atoms with Gasteiger partial charge in [-0.05, 0) is 12.0 Å². The van der Waals surface area contributed by atoms with E-state index < -0.39 is 0 Å². The molecule has 1 aromatic carbocycles. The van der Waals surface area contributed by atoms with Crippen LogP contribution in [0.1, 0.15) is 31.7 Å². The van der Waals surface area contributed by atoms with Crippen molar-refractivity contribution in [3.8, 4) is 12.3 Å². The summed E-state index contributed by atoms with van der Waals surface area (Å²) in [5.41, 5.74) is 2.40. The fraction of sp³-hybridized carbons (Fsp3) is 0.357. The van der Waals surface area contributed by atoms with Gasteiger partial charge >= 0.3 is 0 Å². The van der Waals surface area contributed by atoms with Crippen molar-refractivity contribution in [3.05, 3.63) is 35.9 Å². The van der Waals surface area contributed by atoms with E-state index >= 15 is 0 Å². The van der Waals surface area contributed by atoms with Crippen LogP contribution in [0.3, 0.4) is 0 Å². The van der Waals surface area contributed by atoms with Gasteiger partial charge in [-0.25, -0.2) is 0 Å². The standard InChI is InChI=1S/C14H15N/c1-3-10-14(11-4-2)13(15-14)12-8-6-5-7-9-12/h1,5-9H,4,10-11H2,2H3. The summed E-state index contributed by atoms with van der Waals surface area (Å²) in [6.07, 6.45) is 8.34. The summed E-state index contributed by atoms with van der Waals surface area (Å²) < 4.78 is 0. The Labute approximate surface area is 91.2 Å². The lowest BCUT2D eigenvalue weighted by molar-refractivity contribution is 0.602. The van der Waals surface area contributed by atoms with Gasteiger partial charge in [0.15, 0.2) is 0 Å². The molecule has 0 radical (unpaired) electrons. The fourth-order valence-corrected chi connectivity index (χ4v) is 2.08. The van der Waals surface area contributed by atoms with Crippen molar-refractivity contribution in [2.24, 2.45) is 4.99 Å². The number of aliphatic imine (C=N–C) groups is 1. The van der Waals surface area contributed by atoms with Gasteiger partial charge in [0.25, 0.3) is 0 Å². The number of rotatable bonds is 4. The minimum absolute atomic E-state index is 0.0230. The number of terminal acetylenes is 1. The summed E-state index contributed by atoms with van der Waals surface area (Å²) in [4.78, 5) is 4.61. The Morgan fingerprint density at radius 2 is 2.07 bits per heavy atom. The molecule has 0 bridgehead atoms. The topological polar surface area (TPSA) is 12.4 Å². The van der Waals surface area contributed by atoms with Crippen LogP contribution in [0.25, 0.3) is 0 Å². The molecule has 1 unspecified atom stereocenters. The Bertz CT molecular complexity index is 411. The molecule has 15 heavy (non-hydrogen) atoms. The Morgan fingerprint density at radius 3 is 2.67 bits per heavy atom. The monoisotopic (exact) mass is 197 g/mol. The van der Waals surface area contributed by atoms with E-state index in [1.54, 1.807) is 0 Å². The van der Waals surface area contributed by atoms with Gasteiger partial charge in [-0.15, -0.1) is 12.3 Å². The van der Waals surface area contributed by atoms with Gasteiger partial charge in [-0.3, -0.25) is 4.99 Å². The number of benzene rings is 1. The molecule has 1 aliphatic rings. The maximum Gasteiger partial charge on any atom is 0.114 e. The van der Waals surface area contributed by atoms with Gasteiger partial charge in [0, 0.05) is 6.42 Å². The van der Waals surface area contributed by atoms with Gasteiger partial charge in [-0.2, -0.15) is 0 Å². The lowest BCUT2D eigenvalue weighted by Gasteiger charge is -2.10. The van der Waals surface area contributed by atoms with Gasteiger partial charge < -0.3 is 0 Å². The first kappa shape index (κ1) is 9.98. The molecule has 0 fully saturated rings. The molecule has 0 saturated heterocycles. The van der Waals surface area contributed by atoms with Gasteiger partial charge in [-0.1, -0.05) is 43.7 Å². The minimum atomic E-state index is -0.0230. The molecule has 1 heteroatoms. The Hall–Kier alpha value is -1.55. The largest absolute Gasteiger partial charge is 0.272 e. The molecule has 2 rings (SSSR count). The third-order valence-corrected chi connectivity index (χ3v) is 2.82. The third-order valence-electron chi connectivity index (χ3n) is 2.82. The Kier molecular flexibility index (Phi) is 2.60. The van der Waals surface area contributed by atoms with Crippen LogP contribution in [-0.4, -0.2) is 11.3 Å². The minimum Gasteiger partial charge on any atom is -0.272 e. The van der Waals surface area contributed by atoms with E-state index in [2.05, 4.69) is 30.0 Å². The van der Waals surface area contributed by atoms with Crippen LogP contribution in [0, 0.1) is 12.3 Å². The molecule has 1 nitrogen and oxygen atoms in total. The first-order chi connectivity index (χ1) is 7.32. The zero-order chi connectivity index (χ0) is 10.7. The van der Waals surface area contributed by atoms with Crippen LogP contribution in [0.15, 0.2) is 35.3 Å². The molecule has 0 saturated carbocycles. The molecule has 1 aliphatic heterocycles. The van der Waals surface area contributed by atoms with Crippen molar-refractivity contribution >= 4 is 5.71 Å². The lowest BCUT2D eigenvalue weighted by Crippen LogP contribution is -2.18. The second-order valence-electron chi connectivity index (χ2n) is 3.99. The third kappa shape index (κ3) is 1.80. The fourth-order valence-electron chi connectivity index (χ4n) is 2.08. The summed E-state index contributed by atoms with van der Waals surface area (Å²) in [7, 11) is 0. The van der Waals surface area contributed by atoms with Crippen molar-refractivity contribution in [2.75, 3.05) is 0 Å². The van der Waals surface area contributed by atoms with Crippen molar-refractivity contribution in [2.45, 2.75) is 31.7 Å². The van der Waals surface area contributed by atoms with Crippen LogP contribution in [0.5, 0.6) is 0 Å². The Morgan fingerprint density at radius 1 is 1.33 bits per heavy atom. The molecule has 1 aromatic rings. The molecule has 0 amide bonds. The maximum absolute atomic E-state index is 5.40. The number of hydrogen-bond acceptors (Lipinski definition) is 1. The van der Waals surface area contributed by atoms with E-state index in [1.807, 2.05) is 18.2 Å². The second kappa shape index (κ2) is 3.90. The highest BCUT2D eigenvalue weighted by atomic mass is 15.0. The predicted octanol–water partition coefficient (Wildman–Crippen LogP) is 3.05. The van der Waals surface area contributed by atoms with Crippen molar-refractivity contribution in [3.63, 3.8) is 0 Å². The highest BCUT2D eigenvalue weighted by Gasteiger charge is 2.45. The molecule has 76 valence electrons. The molecule has 0 aliphatic carbocycles. The SMILES string of the molecule is C#CCC1(CCC)N=C1c1ccccc1. The van der Waals surface area contributed by atoms with Gasteiger partial charge in [0.2, 0.25) is 0 Å². The molecular formula is C14H15N. The molecule has 0 N–H and O–H groups in total. The number of nitrogens with zero attached hydrogens (tertiary/aromatic N) is 1. The van der Waals surface area contributed by atoms with Crippen LogP contribution in [0.2, 0.25) is 0 Å². The highest BCUT2D eigenvalue weighted by molar-refractivity contribution is 6.17. The van der Waals surface area contributed by atoms with Crippen LogP contribution >= 0.6 is 0 Å². The summed E-state index contributed by atoms with van der Waals surface area (Å²) in [6.45, 7) is 2.18. The average molecular weight is 197 g/mol. The van der Waals surface area contributed by atoms with Crippen LogP contribution < -0.4 is 0 Å². The highest BCUT2D eigenvalue weighted by Crippen LogP contribution is 2.39. The quantitative estimate of drug-likeness (QED) is 0.658. The molecule has 1 atom stereocenters. The van der Waals surface area contributed by atoms with E-state index in [0.717, 1.165) is 19.3 Å². The van der Waals surface area contributed by atoms with Crippen molar-refractivity contribution < 1.29 is 0 Å². The average Bonchev–Trinajstić information content (AvgIpc) is 2.95. The van der Waals surface area contributed by atoms with Crippen molar-refractivity contribution in [1.29, 1.82) is 0 Å².